The fraction of sp³-hybridized carbons (Fsp3) is 0.188. The number of thioether (sulfide) groups is 1. The molecule has 3 rings (SSSR count). The number of hydrogen-bond acceptors (Lipinski definition) is 4. The van der Waals surface area contributed by atoms with Gasteiger partial charge in [0.25, 0.3) is 0 Å². The van der Waals surface area contributed by atoms with Crippen LogP contribution in [0.2, 0.25) is 5.02 Å². The molecule has 0 atom stereocenters. The summed E-state index contributed by atoms with van der Waals surface area (Å²) in [5.74, 6) is 0.189. The molecule has 118 valence electrons. The van der Waals surface area contributed by atoms with Gasteiger partial charge in [0.15, 0.2) is 10.8 Å². The SMILES string of the molecule is CCc1ccc(NC(=O)CSc2nc3ncc(Cl)cc3[nH]2)cc1. The number of H-pyrrole nitrogens is 1. The van der Waals surface area contributed by atoms with Gasteiger partial charge in [-0.1, -0.05) is 42.4 Å². The predicted molar refractivity (Wildman–Crippen MR) is 94.1 cm³/mol. The first-order valence-corrected chi connectivity index (χ1v) is 8.53. The zero-order valence-electron chi connectivity index (χ0n) is 12.5. The number of nitrogens with one attached hydrogen (secondary N) is 2. The van der Waals surface area contributed by atoms with Crippen molar-refractivity contribution in [2.24, 2.45) is 0 Å². The van der Waals surface area contributed by atoms with Gasteiger partial charge in [-0.05, 0) is 30.2 Å². The number of anilines is 1. The molecule has 2 heterocycles. The van der Waals surface area contributed by atoms with Gasteiger partial charge in [0.05, 0.1) is 16.3 Å². The van der Waals surface area contributed by atoms with Crippen LogP contribution in [0.25, 0.3) is 11.2 Å². The standard InChI is InChI=1S/C16H15ClN4OS/c1-2-10-3-5-12(6-4-10)19-14(22)9-23-16-20-13-7-11(17)8-18-15(13)21-16/h3-8H,2,9H2,1H3,(H,19,22)(H,18,20,21). The van der Waals surface area contributed by atoms with Crippen molar-refractivity contribution < 1.29 is 4.79 Å². The molecule has 2 N–H and O–H groups in total. The molecular weight excluding hydrogens is 332 g/mol. The molecule has 0 fully saturated rings. The maximum absolute atomic E-state index is 12.0. The molecule has 1 aromatic carbocycles. The third-order valence-corrected chi connectivity index (χ3v) is 4.35. The Bertz CT molecular complexity index is 832. The number of imidazole rings is 1. The van der Waals surface area contributed by atoms with Gasteiger partial charge in [-0.3, -0.25) is 4.79 Å². The third kappa shape index (κ3) is 4.03. The van der Waals surface area contributed by atoms with E-state index in [1.807, 2.05) is 24.3 Å². The molecule has 2 aromatic heterocycles. The van der Waals surface area contributed by atoms with Crippen molar-refractivity contribution in [2.45, 2.75) is 18.5 Å². The molecule has 23 heavy (non-hydrogen) atoms. The maximum Gasteiger partial charge on any atom is 0.234 e. The highest BCUT2D eigenvalue weighted by Gasteiger charge is 2.08. The molecule has 1 amide bonds. The second kappa shape index (κ2) is 7.02. The van der Waals surface area contributed by atoms with Crippen LogP contribution in [0.4, 0.5) is 5.69 Å². The number of hydrogen-bond donors (Lipinski definition) is 2. The summed E-state index contributed by atoms with van der Waals surface area (Å²) in [6.45, 7) is 2.10. The van der Waals surface area contributed by atoms with Crippen LogP contribution in [0, 0.1) is 0 Å². The van der Waals surface area contributed by atoms with Crippen molar-refractivity contribution in [3.05, 3.63) is 47.1 Å². The Hall–Kier alpha value is -2.05. The summed E-state index contributed by atoms with van der Waals surface area (Å²) >= 11 is 7.21. The number of aromatic amines is 1. The van der Waals surface area contributed by atoms with E-state index in [4.69, 9.17) is 11.6 Å². The third-order valence-electron chi connectivity index (χ3n) is 3.27. The smallest absolute Gasteiger partial charge is 0.234 e. The number of nitrogens with zero attached hydrogens (tertiary/aromatic N) is 2. The van der Waals surface area contributed by atoms with E-state index in [0.29, 0.717) is 15.8 Å². The molecule has 0 saturated heterocycles. The average molecular weight is 347 g/mol. The van der Waals surface area contributed by atoms with Gasteiger partial charge in [-0.15, -0.1) is 0 Å². The number of carbonyl (C=O) groups excluding carboxylic acids is 1. The number of carbonyl (C=O) groups is 1. The lowest BCUT2D eigenvalue weighted by atomic mass is 10.1. The van der Waals surface area contributed by atoms with E-state index in [0.717, 1.165) is 17.6 Å². The van der Waals surface area contributed by atoms with Gasteiger partial charge in [0.1, 0.15) is 0 Å². The maximum atomic E-state index is 12.0. The number of benzene rings is 1. The van der Waals surface area contributed by atoms with Crippen LogP contribution < -0.4 is 5.32 Å². The van der Waals surface area contributed by atoms with Crippen LogP contribution in [0.1, 0.15) is 12.5 Å². The number of aryl methyl sites for hydroxylation is 1. The molecule has 0 aliphatic heterocycles. The Morgan fingerprint density at radius 3 is 2.87 bits per heavy atom. The van der Waals surface area contributed by atoms with Crippen LogP contribution in [-0.2, 0) is 11.2 Å². The highest BCUT2D eigenvalue weighted by atomic mass is 35.5. The lowest BCUT2D eigenvalue weighted by molar-refractivity contribution is -0.113. The number of fused-ring (bicyclic) bond motifs is 1. The molecule has 5 nitrogen and oxygen atoms in total. The minimum atomic E-state index is -0.0781. The summed E-state index contributed by atoms with van der Waals surface area (Å²) < 4.78 is 0. The number of rotatable bonds is 5. The van der Waals surface area contributed by atoms with Gasteiger partial charge in [-0.2, -0.15) is 0 Å². The lowest BCUT2D eigenvalue weighted by Crippen LogP contribution is -2.14. The van der Waals surface area contributed by atoms with E-state index in [-0.39, 0.29) is 11.7 Å². The molecule has 0 aliphatic carbocycles. The van der Waals surface area contributed by atoms with Gasteiger partial charge >= 0.3 is 0 Å². The van der Waals surface area contributed by atoms with Crippen molar-refractivity contribution in [3.63, 3.8) is 0 Å². The summed E-state index contributed by atoms with van der Waals surface area (Å²) in [5.41, 5.74) is 3.39. The van der Waals surface area contributed by atoms with Crippen LogP contribution in [0.5, 0.6) is 0 Å². The van der Waals surface area contributed by atoms with Crippen molar-refractivity contribution in [1.29, 1.82) is 0 Å². The van der Waals surface area contributed by atoms with Crippen molar-refractivity contribution in [2.75, 3.05) is 11.1 Å². The first kappa shape index (κ1) is 15.8. The first-order valence-electron chi connectivity index (χ1n) is 7.17. The van der Waals surface area contributed by atoms with Crippen molar-refractivity contribution in [3.8, 4) is 0 Å². The van der Waals surface area contributed by atoms with Crippen LogP contribution in [0.15, 0.2) is 41.7 Å². The van der Waals surface area contributed by atoms with E-state index in [2.05, 4.69) is 27.2 Å². The molecule has 0 radical (unpaired) electrons. The second-order valence-electron chi connectivity index (χ2n) is 4.95. The first-order chi connectivity index (χ1) is 11.1. The summed E-state index contributed by atoms with van der Waals surface area (Å²) in [4.78, 5) is 23.5. The Morgan fingerprint density at radius 1 is 1.35 bits per heavy atom. The highest BCUT2D eigenvalue weighted by molar-refractivity contribution is 7.99. The zero-order valence-corrected chi connectivity index (χ0v) is 14.0. The minimum absolute atomic E-state index is 0.0781. The number of pyridine rings is 1. The molecule has 0 aliphatic rings. The van der Waals surface area contributed by atoms with Gasteiger partial charge in [-0.25, -0.2) is 9.97 Å². The van der Waals surface area contributed by atoms with Crippen molar-refractivity contribution >= 4 is 46.1 Å². The molecule has 0 unspecified atom stereocenters. The topological polar surface area (TPSA) is 70.7 Å². The predicted octanol–water partition coefficient (Wildman–Crippen LogP) is 3.90. The Morgan fingerprint density at radius 2 is 2.13 bits per heavy atom. The number of halogens is 1. The Kier molecular flexibility index (Phi) is 4.83. The molecule has 3 aromatic rings. The number of aromatic nitrogens is 3. The minimum Gasteiger partial charge on any atom is -0.331 e. The number of amides is 1. The van der Waals surface area contributed by atoms with Crippen LogP contribution >= 0.6 is 23.4 Å². The quantitative estimate of drug-likeness (QED) is 0.687. The molecule has 0 saturated carbocycles. The van der Waals surface area contributed by atoms with E-state index < -0.39 is 0 Å². The van der Waals surface area contributed by atoms with Crippen molar-refractivity contribution in [1.82, 2.24) is 15.0 Å². The van der Waals surface area contributed by atoms with Crippen LogP contribution in [-0.4, -0.2) is 26.6 Å². The summed E-state index contributed by atoms with van der Waals surface area (Å²) in [6, 6.07) is 9.61. The zero-order chi connectivity index (χ0) is 16.2. The Balaban J connectivity index is 1.58. The van der Waals surface area contributed by atoms with E-state index in [1.165, 1.54) is 17.3 Å². The molecular formula is C16H15ClN4OS. The largest absolute Gasteiger partial charge is 0.331 e. The summed E-state index contributed by atoms with van der Waals surface area (Å²) in [6.07, 6.45) is 2.53. The van der Waals surface area contributed by atoms with Crippen LogP contribution in [0.3, 0.4) is 0 Å². The molecule has 7 heteroatoms. The average Bonchev–Trinajstić information content (AvgIpc) is 2.95. The normalized spacial score (nSPS) is 10.9. The summed E-state index contributed by atoms with van der Waals surface area (Å²) in [5, 5.41) is 4.06. The molecule has 0 spiro atoms. The Labute approximate surface area is 142 Å². The molecule has 0 bridgehead atoms. The van der Waals surface area contributed by atoms with E-state index in [1.54, 1.807) is 12.3 Å². The highest BCUT2D eigenvalue weighted by Crippen LogP contribution is 2.20. The fourth-order valence-corrected chi connectivity index (χ4v) is 2.91. The van der Waals surface area contributed by atoms with Gasteiger partial charge < -0.3 is 10.3 Å². The summed E-state index contributed by atoms with van der Waals surface area (Å²) in [7, 11) is 0. The lowest BCUT2D eigenvalue weighted by Gasteiger charge is -2.05. The monoisotopic (exact) mass is 346 g/mol. The fourth-order valence-electron chi connectivity index (χ4n) is 2.08. The second-order valence-corrected chi connectivity index (χ2v) is 6.35. The van der Waals surface area contributed by atoms with E-state index in [9.17, 15) is 4.79 Å². The van der Waals surface area contributed by atoms with Gasteiger partial charge in [0, 0.05) is 11.9 Å². The van der Waals surface area contributed by atoms with E-state index >= 15 is 0 Å². The van der Waals surface area contributed by atoms with Gasteiger partial charge in [0.2, 0.25) is 5.91 Å².